The predicted octanol–water partition coefficient (Wildman–Crippen LogP) is 4.01. The maximum atomic E-state index is 13.0. The Labute approximate surface area is 153 Å². The van der Waals surface area contributed by atoms with E-state index in [2.05, 4.69) is 5.32 Å². The van der Waals surface area contributed by atoms with Crippen LogP contribution in [0, 0.1) is 5.82 Å². The Balaban J connectivity index is 1.57. The summed E-state index contributed by atoms with van der Waals surface area (Å²) in [5, 5.41) is 2.64. The molecule has 1 amide bonds. The summed E-state index contributed by atoms with van der Waals surface area (Å²) in [5.41, 5.74) is 0.805. The molecule has 1 atom stereocenters. The van der Waals surface area contributed by atoms with Gasteiger partial charge in [-0.1, -0.05) is 12.1 Å². The van der Waals surface area contributed by atoms with Crippen molar-refractivity contribution in [3.63, 3.8) is 0 Å². The maximum Gasteiger partial charge on any atom is 0.349 e. The van der Waals surface area contributed by atoms with Crippen molar-refractivity contribution in [1.82, 2.24) is 5.32 Å². The molecule has 1 aromatic carbocycles. The molecule has 0 spiro atoms. The zero-order valence-corrected chi connectivity index (χ0v) is 14.7. The van der Waals surface area contributed by atoms with Crippen LogP contribution in [0.5, 0.6) is 0 Å². The number of halogens is 1. The fourth-order valence-corrected chi connectivity index (χ4v) is 3.11. The predicted molar refractivity (Wildman–Crippen MR) is 95.1 cm³/mol. The lowest BCUT2D eigenvalue weighted by molar-refractivity contribution is -0.129. The molecule has 2 aromatic heterocycles. The number of rotatable bonds is 6. The molecule has 3 aromatic rings. The van der Waals surface area contributed by atoms with Crippen LogP contribution in [0.15, 0.2) is 59.2 Å². The van der Waals surface area contributed by atoms with E-state index in [1.165, 1.54) is 36.7 Å². The third kappa shape index (κ3) is 4.37. The second kappa shape index (κ2) is 7.97. The van der Waals surface area contributed by atoms with Crippen molar-refractivity contribution in [2.75, 3.05) is 0 Å². The van der Waals surface area contributed by atoms with Gasteiger partial charge in [0, 0.05) is 4.88 Å². The minimum Gasteiger partial charge on any atom is -0.467 e. The standard InChI is InChI=1S/C19H16FNO4S/c1-12(18(22)21-11-15-3-2-10-24-15)25-19(23)17-9-8-16(26-17)13-4-6-14(20)7-5-13/h2-10,12H,11H2,1H3,(H,21,22). The average molecular weight is 373 g/mol. The van der Waals surface area contributed by atoms with Crippen LogP contribution >= 0.6 is 11.3 Å². The summed E-state index contributed by atoms with van der Waals surface area (Å²) in [6.45, 7) is 1.73. The summed E-state index contributed by atoms with van der Waals surface area (Å²) in [6, 6.07) is 12.8. The van der Waals surface area contributed by atoms with Gasteiger partial charge in [0.05, 0.1) is 12.8 Å². The summed E-state index contributed by atoms with van der Waals surface area (Å²) in [6.07, 6.45) is 0.578. The minimum atomic E-state index is -0.936. The second-order valence-corrected chi connectivity index (χ2v) is 6.60. The summed E-state index contributed by atoms with van der Waals surface area (Å²) >= 11 is 1.22. The number of furan rings is 1. The van der Waals surface area contributed by atoms with E-state index in [0.717, 1.165) is 10.4 Å². The van der Waals surface area contributed by atoms with Crippen LogP contribution in [0.3, 0.4) is 0 Å². The van der Waals surface area contributed by atoms with Crippen molar-refractivity contribution in [2.45, 2.75) is 19.6 Å². The molecule has 0 radical (unpaired) electrons. The summed E-state index contributed by atoms with van der Waals surface area (Å²) in [5.74, 6) is -0.701. The van der Waals surface area contributed by atoms with Crippen LogP contribution in [0.4, 0.5) is 4.39 Å². The van der Waals surface area contributed by atoms with E-state index in [1.807, 2.05) is 0 Å². The molecule has 134 valence electrons. The summed E-state index contributed by atoms with van der Waals surface area (Å²) in [4.78, 5) is 25.4. The van der Waals surface area contributed by atoms with E-state index in [1.54, 1.807) is 36.4 Å². The molecule has 5 nitrogen and oxygen atoms in total. The summed E-state index contributed by atoms with van der Waals surface area (Å²) < 4.78 is 23.3. The number of ether oxygens (including phenoxy) is 1. The normalized spacial score (nSPS) is 11.8. The topological polar surface area (TPSA) is 68.5 Å². The van der Waals surface area contributed by atoms with Gasteiger partial charge in [-0.15, -0.1) is 11.3 Å². The first-order valence-electron chi connectivity index (χ1n) is 7.90. The van der Waals surface area contributed by atoms with Crippen LogP contribution in [0.25, 0.3) is 10.4 Å². The molecule has 0 fully saturated rings. The van der Waals surface area contributed by atoms with Crippen molar-refractivity contribution in [1.29, 1.82) is 0 Å². The number of benzene rings is 1. The quantitative estimate of drug-likeness (QED) is 0.663. The highest BCUT2D eigenvalue weighted by molar-refractivity contribution is 7.17. The summed E-state index contributed by atoms with van der Waals surface area (Å²) in [7, 11) is 0. The van der Waals surface area contributed by atoms with Crippen LogP contribution in [-0.4, -0.2) is 18.0 Å². The van der Waals surface area contributed by atoms with Gasteiger partial charge in [-0.3, -0.25) is 4.79 Å². The molecule has 1 N–H and O–H groups in total. The Kier molecular flexibility index (Phi) is 5.48. The highest BCUT2D eigenvalue weighted by atomic mass is 32.1. The molecule has 0 aliphatic heterocycles. The van der Waals surface area contributed by atoms with E-state index >= 15 is 0 Å². The van der Waals surface area contributed by atoms with Crippen molar-refractivity contribution in [3.05, 3.63) is 71.2 Å². The molecule has 0 aliphatic carbocycles. The fraction of sp³-hybridized carbons (Fsp3) is 0.158. The van der Waals surface area contributed by atoms with Gasteiger partial charge in [0.25, 0.3) is 5.91 Å². The number of hydrogen-bond donors (Lipinski definition) is 1. The van der Waals surface area contributed by atoms with Crippen LogP contribution in [0.1, 0.15) is 22.4 Å². The van der Waals surface area contributed by atoms with Crippen molar-refractivity contribution in [3.8, 4) is 10.4 Å². The Morgan fingerprint density at radius 2 is 1.96 bits per heavy atom. The molecular weight excluding hydrogens is 357 g/mol. The first-order chi connectivity index (χ1) is 12.5. The number of hydrogen-bond acceptors (Lipinski definition) is 5. The number of amides is 1. The first-order valence-corrected chi connectivity index (χ1v) is 8.71. The smallest absolute Gasteiger partial charge is 0.349 e. The van der Waals surface area contributed by atoms with E-state index in [-0.39, 0.29) is 12.4 Å². The maximum absolute atomic E-state index is 13.0. The van der Waals surface area contributed by atoms with Crippen molar-refractivity contribution < 1.29 is 23.1 Å². The largest absolute Gasteiger partial charge is 0.467 e. The number of esters is 1. The average Bonchev–Trinajstić information content (AvgIpc) is 3.32. The fourth-order valence-electron chi connectivity index (χ4n) is 2.22. The molecule has 26 heavy (non-hydrogen) atoms. The Bertz CT molecular complexity index is 887. The molecule has 7 heteroatoms. The molecular formula is C19H16FNO4S. The van der Waals surface area contributed by atoms with Gasteiger partial charge in [0.2, 0.25) is 0 Å². The van der Waals surface area contributed by atoms with Gasteiger partial charge in [-0.05, 0) is 48.9 Å². The van der Waals surface area contributed by atoms with Crippen LogP contribution in [0.2, 0.25) is 0 Å². The minimum absolute atomic E-state index is 0.224. The molecule has 3 rings (SSSR count). The van der Waals surface area contributed by atoms with Crippen LogP contribution < -0.4 is 5.32 Å². The molecule has 0 aliphatic rings. The van der Waals surface area contributed by atoms with Gasteiger partial charge in [-0.25, -0.2) is 9.18 Å². The lowest BCUT2D eigenvalue weighted by Gasteiger charge is -2.12. The first kappa shape index (κ1) is 17.9. The van der Waals surface area contributed by atoms with E-state index in [9.17, 15) is 14.0 Å². The third-order valence-electron chi connectivity index (χ3n) is 3.61. The molecule has 0 saturated heterocycles. The van der Waals surface area contributed by atoms with Gasteiger partial charge in [0.15, 0.2) is 6.10 Å². The highest BCUT2D eigenvalue weighted by Crippen LogP contribution is 2.28. The Morgan fingerprint density at radius 1 is 1.19 bits per heavy atom. The Morgan fingerprint density at radius 3 is 2.65 bits per heavy atom. The monoisotopic (exact) mass is 373 g/mol. The highest BCUT2D eigenvalue weighted by Gasteiger charge is 2.20. The Hall–Kier alpha value is -2.93. The number of carbonyl (C=O) groups excluding carboxylic acids is 2. The van der Waals surface area contributed by atoms with E-state index in [4.69, 9.17) is 9.15 Å². The lowest BCUT2D eigenvalue weighted by atomic mass is 10.2. The van der Waals surface area contributed by atoms with Gasteiger partial charge in [-0.2, -0.15) is 0 Å². The SMILES string of the molecule is CC(OC(=O)c1ccc(-c2ccc(F)cc2)s1)C(=O)NCc1ccco1. The van der Waals surface area contributed by atoms with E-state index < -0.39 is 18.0 Å². The number of thiophene rings is 1. The van der Waals surface area contributed by atoms with Gasteiger partial charge >= 0.3 is 5.97 Å². The lowest BCUT2D eigenvalue weighted by Crippen LogP contribution is -2.35. The van der Waals surface area contributed by atoms with Gasteiger partial charge in [0.1, 0.15) is 16.5 Å². The molecule has 1 unspecified atom stereocenters. The molecule has 0 bridgehead atoms. The molecule has 0 saturated carbocycles. The van der Waals surface area contributed by atoms with Crippen molar-refractivity contribution >= 4 is 23.2 Å². The van der Waals surface area contributed by atoms with E-state index in [0.29, 0.717) is 10.6 Å². The zero-order valence-electron chi connectivity index (χ0n) is 13.9. The molecule has 2 heterocycles. The number of carbonyl (C=O) groups is 2. The number of nitrogens with one attached hydrogen (secondary N) is 1. The third-order valence-corrected chi connectivity index (χ3v) is 4.72. The van der Waals surface area contributed by atoms with Crippen LogP contribution in [-0.2, 0) is 16.1 Å². The van der Waals surface area contributed by atoms with Gasteiger partial charge < -0.3 is 14.5 Å². The van der Waals surface area contributed by atoms with Crippen molar-refractivity contribution in [2.24, 2.45) is 0 Å². The second-order valence-electron chi connectivity index (χ2n) is 5.52. The zero-order chi connectivity index (χ0) is 18.5.